The average Bonchev–Trinajstić information content (AvgIpc) is 2.29. The molecule has 0 aromatic heterocycles. The van der Waals surface area contributed by atoms with Crippen LogP contribution in [-0.4, -0.2) is 12.6 Å². The number of sulfone groups is 1. The van der Waals surface area contributed by atoms with Gasteiger partial charge in [-0.1, -0.05) is 47.5 Å². The van der Waals surface area contributed by atoms with Gasteiger partial charge in [-0.05, 0) is 24.3 Å². The summed E-state index contributed by atoms with van der Waals surface area (Å²) in [6.45, 7) is 0. The first kappa shape index (κ1) is 12.7. The van der Waals surface area contributed by atoms with Crippen LogP contribution in [-0.2, 0) is 9.84 Å². The Morgan fingerprint density at radius 1 is 1.18 bits per heavy atom. The first-order valence-corrected chi connectivity index (χ1v) is 7.22. The molecule has 1 aromatic carbocycles. The van der Waals surface area contributed by atoms with Crippen LogP contribution in [0.15, 0.2) is 58.5 Å². The summed E-state index contributed by atoms with van der Waals surface area (Å²) in [4.78, 5) is 0.200. The van der Waals surface area contributed by atoms with Crippen LogP contribution in [0, 0.1) is 0 Å². The molecule has 0 radical (unpaired) electrons. The van der Waals surface area contributed by atoms with Crippen LogP contribution in [0.2, 0.25) is 0 Å². The maximum atomic E-state index is 12.4. The van der Waals surface area contributed by atoms with Crippen molar-refractivity contribution in [2.24, 2.45) is 0 Å². The molecule has 1 unspecified atom stereocenters. The lowest BCUT2D eigenvalue weighted by atomic mass is 10.2. The maximum absolute atomic E-state index is 12.4. The summed E-state index contributed by atoms with van der Waals surface area (Å²) in [6, 6.07) is 8.14. The van der Waals surface area contributed by atoms with E-state index < -0.39 is 14.0 Å². The van der Waals surface area contributed by atoms with Crippen molar-refractivity contribution < 1.29 is 8.42 Å². The van der Waals surface area contributed by atoms with Gasteiger partial charge in [0, 0.05) is 11.5 Å². The third kappa shape index (κ3) is 2.28. The Labute approximate surface area is 110 Å². The van der Waals surface area contributed by atoms with Crippen molar-refractivity contribution in [3.8, 4) is 0 Å². The molecule has 1 atom stereocenters. The van der Waals surface area contributed by atoms with Gasteiger partial charge < -0.3 is 0 Å². The summed E-state index contributed by atoms with van der Waals surface area (Å²) >= 11 is 12.1. The Balaban J connectivity index is 2.48. The zero-order chi connectivity index (χ0) is 12.5. The van der Waals surface area contributed by atoms with Crippen LogP contribution in [0.3, 0.4) is 0 Å². The van der Waals surface area contributed by atoms with Crippen molar-refractivity contribution in [3.05, 3.63) is 53.6 Å². The molecular formula is C12H10Cl2O2S. The van der Waals surface area contributed by atoms with Crippen LogP contribution in [0.25, 0.3) is 0 Å². The highest BCUT2D eigenvalue weighted by Gasteiger charge is 2.42. The fraction of sp³-hybridized carbons (Fsp3) is 0.167. The second-order valence-electron chi connectivity index (χ2n) is 3.75. The SMILES string of the molecule is O=S(=O)(c1ccccc1)C1(Cl)C=CC=C(Cl)C1. The van der Waals surface area contributed by atoms with Crippen LogP contribution in [0.5, 0.6) is 0 Å². The standard InChI is InChI=1S/C12H10Cl2O2S/c13-10-5-4-8-12(14,9-10)17(15,16)11-6-2-1-3-7-11/h1-8H,9H2. The molecule has 1 aliphatic carbocycles. The largest absolute Gasteiger partial charge is 0.222 e. The van der Waals surface area contributed by atoms with E-state index in [0.717, 1.165) is 0 Å². The lowest BCUT2D eigenvalue weighted by Gasteiger charge is -2.25. The number of halogens is 2. The van der Waals surface area contributed by atoms with Crippen molar-refractivity contribution >= 4 is 33.0 Å². The van der Waals surface area contributed by atoms with Gasteiger partial charge in [-0.15, -0.1) is 0 Å². The molecule has 0 spiro atoms. The predicted molar refractivity (Wildman–Crippen MR) is 69.9 cm³/mol. The molecule has 0 saturated carbocycles. The van der Waals surface area contributed by atoms with Gasteiger partial charge in [0.2, 0.25) is 9.84 Å². The number of hydrogen-bond donors (Lipinski definition) is 0. The van der Waals surface area contributed by atoms with E-state index in [1.165, 1.54) is 18.2 Å². The topological polar surface area (TPSA) is 34.1 Å². The van der Waals surface area contributed by atoms with E-state index in [9.17, 15) is 8.42 Å². The minimum absolute atomic E-state index is 0.0871. The Morgan fingerprint density at radius 3 is 2.41 bits per heavy atom. The van der Waals surface area contributed by atoms with Gasteiger partial charge in [0.15, 0.2) is 4.21 Å². The van der Waals surface area contributed by atoms with Gasteiger partial charge in [0.05, 0.1) is 4.90 Å². The molecule has 0 amide bonds. The molecule has 0 bridgehead atoms. The average molecular weight is 289 g/mol. The second-order valence-corrected chi connectivity index (χ2v) is 7.34. The van der Waals surface area contributed by atoms with Crippen LogP contribution in [0.4, 0.5) is 0 Å². The van der Waals surface area contributed by atoms with Crippen LogP contribution in [0.1, 0.15) is 6.42 Å². The second kappa shape index (κ2) is 4.48. The highest BCUT2D eigenvalue weighted by Crippen LogP contribution is 2.39. The quantitative estimate of drug-likeness (QED) is 0.781. The fourth-order valence-electron chi connectivity index (χ4n) is 1.62. The monoisotopic (exact) mass is 288 g/mol. The molecule has 5 heteroatoms. The van der Waals surface area contributed by atoms with Gasteiger partial charge in [0.1, 0.15) is 0 Å². The Morgan fingerprint density at radius 2 is 1.82 bits per heavy atom. The summed E-state index contributed by atoms with van der Waals surface area (Å²) in [7, 11) is -3.64. The molecule has 0 saturated heterocycles. The molecule has 17 heavy (non-hydrogen) atoms. The molecular weight excluding hydrogens is 279 g/mol. The third-order valence-corrected chi connectivity index (χ3v) is 5.73. The van der Waals surface area contributed by atoms with Crippen LogP contribution < -0.4 is 0 Å². The van der Waals surface area contributed by atoms with Crippen molar-refractivity contribution in [3.63, 3.8) is 0 Å². The van der Waals surface area contributed by atoms with Crippen LogP contribution >= 0.6 is 23.2 Å². The molecule has 0 fully saturated rings. The van der Waals surface area contributed by atoms with Gasteiger partial charge in [-0.2, -0.15) is 0 Å². The number of hydrogen-bond acceptors (Lipinski definition) is 2. The van der Waals surface area contributed by atoms with Gasteiger partial charge in [-0.3, -0.25) is 0 Å². The van der Waals surface area contributed by atoms with Crippen molar-refractivity contribution in [1.82, 2.24) is 0 Å². The highest BCUT2D eigenvalue weighted by atomic mass is 35.5. The number of rotatable bonds is 2. The molecule has 90 valence electrons. The lowest BCUT2D eigenvalue weighted by molar-refractivity contribution is 0.581. The summed E-state index contributed by atoms with van der Waals surface area (Å²) < 4.78 is 23.3. The number of allylic oxidation sites excluding steroid dienone is 3. The summed E-state index contributed by atoms with van der Waals surface area (Å²) in [5.74, 6) is 0. The third-order valence-electron chi connectivity index (χ3n) is 2.53. The summed E-state index contributed by atoms with van der Waals surface area (Å²) in [5.41, 5.74) is 0. The van der Waals surface area contributed by atoms with E-state index >= 15 is 0 Å². The molecule has 0 aliphatic heterocycles. The van der Waals surface area contributed by atoms with E-state index in [2.05, 4.69) is 0 Å². The van der Waals surface area contributed by atoms with Gasteiger partial charge >= 0.3 is 0 Å². The Kier molecular flexibility index (Phi) is 3.34. The first-order chi connectivity index (χ1) is 7.96. The normalized spacial score (nSPS) is 24.5. The molecule has 2 rings (SSSR count). The van der Waals surface area contributed by atoms with Crippen molar-refractivity contribution in [1.29, 1.82) is 0 Å². The smallest absolute Gasteiger partial charge is 0.201 e. The lowest BCUT2D eigenvalue weighted by Crippen LogP contribution is -2.31. The zero-order valence-corrected chi connectivity index (χ0v) is 11.1. The highest BCUT2D eigenvalue weighted by molar-refractivity contribution is 7.94. The molecule has 2 nitrogen and oxygen atoms in total. The Hall–Kier alpha value is -0.770. The Bertz CT molecular complexity index is 576. The summed E-state index contributed by atoms with van der Waals surface area (Å²) in [6.07, 6.45) is 4.76. The first-order valence-electron chi connectivity index (χ1n) is 4.98. The minimum atomic E-state index is -3.64. The van der Waals surface area contributed by atoms with Crippen molar-refractivity contribution in [2.75, 3.05) is 0 Å². The molecule has 1 aromatic rings. The predicted octanol–water partition coefficient (Wildman–Crippen LogP) is 3.48. The van der Waals surface area contributed by atoms with E-state index in [1.54, 1.807) is 30.4 Å². The van der Waals surface area contributed by atoms with Gasteiger partial charge in [-0.25, -0.2) is 8.42 Å². The van der Waals surface area contributed by atoms with Gasteiger partial charge in [0.25, 0.3) is 0 Å². The zero-order valence-electron chi connectivity index (χ0n) is 8.81. The number of alkyl halides is 1. The summed E-state index contributed by atoms with van der Waals surface area (Å²) in [5, 5.41) is 0.432. The molecule has 1 aliphatic rings. The fourth-order valence-corrected chi connectivity index (χ4v) is 4.05. The number of benzene rings is 1. The minimum Gasteiger partial charge on any atom is -0.222 e. The van der Waals surface area contributed by atoms with E-state index in [0.29, 0.717) is 5.03 Å². The maximum Gasteiger partial charge on any atom is 0.201 e. The molecule has 0 heterocycles. The van der Waals surface area contributed by atoms with E-state index in [1.807, 2.05) is 0 Å². The van der Waals surface area contributed by atoms with E-state index in [-0.39, 0.29) is 11.3 Å². The van der Waals surface area contributed by atoms with Crippen molar-refractivity contribution in [2.45, 2.75) is 15.5 Å². The molecule has 0 N–H and O–H groups in total. The van der Waals surface area contributed by atoms with E-state index in [4.69, 9.17) is 23.2 Å².